The predicted molar refractivity (Wildman–Crippen MR) is 149 cm³/mol. The van der Waals surface area contributed by atoms with Gasteiger partial charge in [0.25, 0.3) is 11.8 Å². The zero-order valence-electron chi connectivity index (χ0n) is 22.3. The van der Waals surface area contributed by atoms with Gasteiger partial charge < -0.3 is 20.2 Å². The fourth-order valence-corrected chi connectivity index (χ4v) is 6.24. The number of carbonyl (C=O) groups excluding carboxylic acids is 1. The lowest BCUT2D eigenvalue weighted by Crippen LogP contribution is -2.40. The summed E-state index contributed by atoms with van der Waals surface area (Å²) in [5.41, 5.74) is 1.02. The van der Waals surface area contributed by atoms with Gasteiger partial charge in [-0.2, -0.15) is 0 Å². The number of halogens is 2. The first-order valence-corrected chi connectivity index (χ1v) is 15.1. The van der Waals surface area contributed by atoms with Gasteiger partial charge in [-0.25, -0.2) is 22.2 Å². The first kappa shape index (κ1) is 28.9. The SMILES string of the molecule is O=C(Nc1ccc([N+](=O)[O-])c(N2CCC(F)(F)CC2)n1)c1ccc(NS(=O)(=O)CCO)cc1N1CCC2(CC1)CC2. The zero-order valence-corrected chi connectivity index (χ0v) is 23.1. The average molecular weight is 595 g/mol. The maximum atomic E-state index is 13.7. The maximum absolute atomic E-state index is 13.7. The number of pyridine rings is 1. The van der Waals surface area contributed by atoms with Crippen molar-refractivity contribution in [3.8, 4) is 0 Å². The number of nitrogens with zero attached hydrogens (tertiary/aromatic N) is 4. The third-order valence-electron chi connectivity index (χ3n) is 8.08. The monoisotopic (exact) mass is 594 g/mol. The summed E-state index contributed by atoms with van der Waals surface area (Å²) in [6.07, 6.45) is 3.35. The summed E-state index contributed by atoms with van der Waals surface area (Å²) >= 11 is 0. The van der Waals surface area contributed by atoms with Gasteiger partial charge in [0, 0.05) is 45.1 Å². The highest BCUT2D eigenvalue weighted by molar-refractivity contribution is 7.92. The van der Waals surface area contributed by atoms with Crippen LogP contribution in [0.4, 0.5) is 37.5 Å². The zero-order chi connectivity index (χ0) is 29.4. The second kappa shape index (κ2) is 11.0. The minimum atomic E-state index is -3.79. The van der Waals surface area contributed by atoms with Crippen molar-refractivity contribution in [2.24, 2.45) is 5.41 Å². The van der Waals surface area contributed by atoms with E-state index in [0.29, 0.717) is 24.2 Å². The number of aliphatic hydroxyl groups is 1. The fraction of sp³-hybridized carbons (Fsp3) is 0.538. The molecule has 3 N–H and O–H groups in total. The van der Waals surface area contributed by atoms with Crippen LogP contribution in [0.25, 0.3) is 0 Å². The van der Waals surface area contributed by atoms with E-state index in [0.717, 1.165) is 12.8 Å². The van der Waals surface area contributed by atoms with Crippen LogP contribution < -0.4 is 19.8 Å². The van der Waals surface area contributed by atoms with Gasteiger partial charge in [-0.15, -0.1) is 0 Å². The number of alkyl halides is 2. The minimum absolute atomic E-state index is 0.0159. The minimum Gasteiger partial charge on any atom is -0.395 e. The standard InChI is InChI=1S/C26H32F2N6O6S/c27-26(28)9-13-33(14-10-26)23-20(34(37)38)3-4-22(29-23)30-24(36)19-2-1-18(31-41(39,40)16-15-35)17-21(19)32-11-7-25(5-6-25)8-12-32/h1-4,17,31,35H,5-16H2,(H,29,30,36). The van der Waals surface area contributed by atoms with Crippen LogP contribution >= 0.6 is 0 Å². The summed E-state index contributed by atoms with van der Waals surface area (Å²) in [5, 5.41) is 23.4. The Bertz CT molecular complexity index is 1430. The van der Waals surface area contributed by atoms with Crippen molar-refractivity contribution < 1.29 is 32.0 Å². The van der Waals surface area contributed by atoms with Crippen LogP contribution in [0.3, 0.4) is 0 Å². The molecule has 1 aromatic heterocycles. The molecule has 0 unspecified atom stereocenters. The maximum Gasteiger partial charge on any atom is 0.311 e. The molecule has 1 amide bonds. The van der Waals surface area contributed by atoms with E-state index in [4.69, 9.17) is 5.11 Å². The molecule has 2 saturated heterocycles. The molecule has 1 spiro atoms. The van der Waals surface area contributed by atoms with E-state index >= 15 is 0 Å². The molecule has 12 nitrogen and oxygen atoms in total. The number of nitro groups is 1. The van der Waals surface area contributed by atoms with Crippen LogP contribution in [0.5, 0.6) is 0 Å². The highest BCUT2D eigenvalue weighted by Crippen LogP contribution is 2.54. The number of carbonyl (C=O) groups is 1. The summed E-state index contributed by atoms with van der Waals surface area (Å²) in [6.45, 7) is 0.596. The van der Waals surface area contributed by atoms with E-state index in [-0.39, 0.29) is 41.7 Å². The van der Waals surface area contributed by atoms with Gasteiger partial charge in [0.05, 0.1) is 34.2 Å². The number of hydrogen-bond donors (Lipinski definition) is 3. The normalized spacial score (nSPS) is 19.6. The molecule has 3 aliphatic rings. The first-order chi connectivity index (χ1) is 19.4. The third-order valence-corrected chi connectivity index (χ3v) is 9.35. The number of amides is 1. The van der Waals surface area contributed by atoms with Crippen LogP contribution in [-0.4, -0.2) is 73.8 Å². The van der Waals surface area contributed by atoms with Crippen LogP contribution in [-0.2, 0) is 10.0 Å². The van der Waals surface area contributed by atoms with E-state index in [9.17, 15) is 32.1 Å². The fourth-order valence-electron chi connectivity index (χ4n) is 5.41. The van der Waals surface area contributed by atoms with Gasteiger partial charge in [-0.05, 0) is 55.4 Å². The van der Waals surface area contributed by atoms with Gasteiger partial charge in [-0.1, -0.05) is 0 Å². The topological polar surface area (TPSA) is 158 Å². The van der Waals surface area contributed by atoms with Gasteiger partial charge >= 0.3 is 5.69 Å². The molecule has 0 bridgehead atoms. The van der Waals surface area contributed by atoms with E-state index in [1.54, 1.807) is 6.07 Å². The van der Waals surface area contributed by atoms with Crippen molar-refractivity contribution in [3.63, 3.8) is 0 Å². The van der Waals surface area contributed by atoms with Crippen molar-refractivity contribution in [3.05, 3.63) is 46.0 Å². The van der Waals surface area contributed by atoms with Crippen molar-refractivity contribution in [1.82, 2.24) is 4.98 Å². The van der Waals surface area contributed by atoms with Crippen molar-refractivity contribution in [1.29, 1.82) is 0 Å². The number of hydrogen-bond acceptors (Lipinski definition) is 9. The van der Waals surface area contributed by atoms with Crippen LogP contribution in [0.2, 0.25) is 0 Å². The van der Waals surface area contributed by atoms with E-state index in [2.05, 4.69) is 15.0 Å². The molecule has 0 atom stereocenters. The van der Waals surface area contributed by atoms with Gasteiger partial charge in [0.2, 0.25) is 15.8 Å². The Morgan fingerprint density at radius 3 is 2.29 bits per heavy atom. The summed E-state index contributed by atoms with van der Waals surface area (Å²) < 4.78 is 54.3. The Kier molecular flexibility index (Phi) is 7.76. The van der Waals surface area contributed by atoms with Crippen LogP contribution in [0.15, 0.2) is 30.3 Å². The largest absolute Gasteiger partial charge is 0.395 e. The van der Waals surface area contributed by atoms with Crippen LogP contribution in [0, 0.1) is 15.5 Å². The molecule has 222 valence electrons. The molecule has 5 rings (SSSR count). The highest BCUT2D eigenvalue weighted by atomic mass is 32.2. The molecule has 1 saturated carbocycles. The average Bonchev–Trinajstić information content (AvgIpc) is 3.67. The van der Waals surface area contributed by atoms with Crippen molar-refractivity contribution >= 4 is 44.6 Å². The molecular formula is C26H32F2N6O6S. The van der Waals surface area contributed by atoms with E-state index < -0.39 is 52.0 Å². The Labute approximate surface area is 235 Å². The Balaban J connectivity index is 1.41. The van der Waals surface area contributed by atoms with Crippen molar-refractivity contribution in [2.75, 3.05) is 58.4 Å². The first-order valence-electron chi connectivity index (χ1n) is 13.5. The van der Waals surface area contributed by atoms with Crippen LogP contribution in [0.1, 0.15) is 48.9 Å². The molecular weight excluding hydrogens is 562 g/mol. The summed E-state index contributed by atoms with van der Waals surface area (Å²) in [5.74, 6) is -3.96. The smallest absolute Gasteiger partial charge is 0.311 e. The second-order valence-electron chi connectivity index (χ2n) is 11.0. The number of piperidine rings is 2. The predicted octanol–water partition coefficient (Wildman–Crippen LogP) is 3.59. The molecule has 2 aromatic rings. The lowest BCUT2D eigenvalue weighted by Gasteiger charge is -2.35. The van der Waals surface area contributed by atoms with E-state index in [1.807, 2.05) is 4.90 Å². The second-order valence-corrected chi connectivity index (χ2v) is 12.8. The molecule has 15 heteroatoms. The molecule has 0 radical (unpaired) electrons. The lowest BCUT2D eigenvalue weighted by atomic mass is 9.93. The van der Waals surface area contributed by atoms with Gasteiger partial charge in [0.15, 0.2) is 0 Å². The number of rotatable bonds is 9. The Hall–Kier alpha value is -3.59. The number of aromatic nitrogens is 1. The molecule has 1 aliphatic carbocycles. The Morgan fingerprint density at radius 2 is 1.68 bits per heavy atom. The lowest BCUT2D eigenvalue weighted by molar-refractivity contribution is -0.384. The molecule has 3 fully saturated rings. The number of aliphatic hydroxyl groups excluding tert-OH is 1. The van der Waals surface area contributed by atoms with Gasteiger partial charge in [0.1, 0.15) is 5.82 Å². The highest BCUT2D eigenvalue weighted by Gasteiger charge is 2.44. The number of sulfonamides is 1. The third kappa shape index (κ3) is 6.67. The summed E-state index contributed by atoms with van der Waals surface area (Å²) in [6, 6.07) is 6.98. The number of benzene rings is 1. The number of anilines is 4. The Morgan fingerprint density at radius 1 is 1.02 bits per heavy atom. The van der Waals surface area contributed by atoms with E-state index in [1.165, 1.54) is 42.0 Å². The molecule has 1 aromatic carbocycles. The van der Waals surface area contributed by atoms with Gasteiger partial charge in [-0.3, -0.25) is 19.6 Å². The molecule has 2 aliphatic heterocycles. The summed E-state index contributed by atoms with van der Waals surface area (Å²) in [4.78, 5) is 32.2. The quantitative estimate of drug-likeness (QED) is 0.291. The summed E-state index contributed by atoms with van der Waals surface area (Å²) in [7, 11) is -3.79. The molecule has 41 heavy (non-hydrogen) atoms. The van der Waals surface area contributed by atoms with Crippen molar-refractivity contribution in [2.45, 2.75) is 44.4 Å². The molecule has 3 heterocycles. The number of nitrogens with one attached hydrogen (secondary N) is 2.